The molecule has 2 N–H and O–H groups in total. The van der Waals surface area contributed by atoms with Gasteiger partial charge in [0, 0.05) is 23.9 Å². The number of rotatable bonds is 7. The molecule has 0 unspecified atom stereocenters. The number of unbranched alkanes of at least 4 members (excludes halogenated alkanes) is 1. The summed E-state index contributed by atoms with van der Waals surface area (Å²) in [4.78, 5) is 17.0. The second-order valence-electron chi connectivity index (χ2n) is 7.16. The van der Waals surface area contributed by atoms with E-state index in [0.29, 0.717) is 12.1 Å². The van der Waals surface area contributed by atoms with Gasteiger partial charge in [-0.05, 0) is 37.3 Å². The topological polar surface area (TPSA) is 61.7 Å². The summed E-state index contributed by atoms with van der Waals surface area (Å²) in [5.41, 5.74) is 2.44. The van der Waals surface area contributed by atoms with E-state index in [9.17, 15) is 9.90 Å². The SMILES string of the molecule is CC=N/C(=C\CC)c1cc(C(=O)NCCCC)c(O)c(C(C)(C)C)c1. The molecule has 1 rings (SSSR count). The molecule has 0 saturated heterocycles. The first kappa shape index (κ1) is 20.9. The molecule has 0 aliphatic rings. The second-order valence-corrected chi connectivity index (χ2v) is 7.16. The molecule has 1 amide bonds. The molecule has 1 aromatic carbocycles. The van der Waals surface area contributed by atoms with Crippen molar-refractivity contribution in [2.24, 2.45) is 4.99 Å². The first-order chi connectivity index (χ1) is 11.8. The zero-order valence-electron chi connectivity index (χ0n) is 16.4. The Morgan fingerprint density at radius 2 is 1.96 bits per heavy atom. The second kappa shape index (κ2) is 9.40. The number of aromatic hydroxyl groups is 1. The highest BCUT2D eigenvalue weighted by molar-refractivity contribution is 5.98. The number of allylic oxidation sites excluding steroid dienone is 1. The number of nitrogens with one attached hydrogen (secondary N) is 1. The van der Waals surface area contributed by atoms with Crippen LogP contribution >= 0.6 is 0 Å². The number of aliphatic imine (C=N–C) groups is 1. The van der Waals surface area contributed by atoms with Gasteiger partial charge in [-0.3, -0.25) is 9.79 Å². The summed E-state index contributed by atoms with van der Waals surface area (Å²) < 4.78 is 0. The van der Waals surface area contributed by atoms with Gasteiger partial charge in [-0.15, -0.1) is 0 Å². The van der Waals surface area contributed by atoms with E-state index in [0.717, 1.165) is 36.1 Å². The van der Waals surface area contributed by atoms with E-state index in [1.807, 2.05) is 39.8 Å². The van der Waals surface area contributed by atoms with Gasteiger partial charge in [0.15, 0.2) is 0 Å². The third-order valence-electron chi connectivity index (χ3n) is 3.94. The van der Waals surface area contributed by atoms with Crippen molar-refractivity contribution >= 4 is 17.8 Å². The van der Waals surface area contributed by atoms with Crippen LogP contribution < -0.4 is 5.32 Å². The highest BCUT2D eigenvalue weighted by Crippen LogP contribution is 2.36. The summed E-state index contributed by atoms with van der Waals surface area (Å²) >= 11 is 0. The van der Waals surface area contributed by atoms with Crippen molar-refractivity contribution in [1.82, 2.24) is 5.32 Å². The number of nitrogens with zero attached hydrogens (tertiary/aromatic N) is 1. The largest absolute Gasteiger partial charge is 0.507 e. The van der Waals surface area contributed by atoms with Gasteiger partial charge in [-0.2, -0.15) is 0 Å². The molecule has 0 aromatic heterocycles. The zero-order chi connectivity index (χ0) is 19.0. The molecule has 0 aliphatic heterocycles. The lowest BCUT2D eigenvalue weighted by molar-refractivity contribution is 0.0950. The molecular formula is C21H32N2O2. The van der Waals surface area contributed by atoms with E-state index in [2.05, 4.69) is 24.2 Å². The summed E-state index contributed by atoms with van der Waals surface area (Å²) in [5.74, 6) is -0.184. The van der Waals surface area contributed by atoms with Crippen molar-refractivity contribution in [2.45, 2.75) is 66.2 Å². The molecule has 4 heteroatoms. The highest BCUT2D eigenvalue weighted by Gasteiger charge is 2.24. The van der Waals surface area contributed by atoms with E-state index in [4.69, 9.17) is 0 Å². The number of phenolic OH excluding ortho intramolecular Hbond substituents is 1. The number of carbonyl (C=O) groups is 1. The smallest absolute Gasteiger partial charge is 0.255 e. The van der Waals surface area contributed by atoms with Gasteiger partial charge in [0.25, 0.3) is 5.91 Å². The van der Waals surface area contributed by atoms with Gasteiger partial charge >= 0.3 is 0 Å². The van der Waals surface area contributed by atoms with Crippen LogP contribution in [-0.4, -0.2) is 23.8 Å². The Hall–Kier alpha value is -2.10. The lowest BCUT2D eigenvalue weighted by Crippen LogP contribution is -2.25. The zero-order valence-corrected chi connectivity index (χ0v) is 16.4. The molecule has 0 aliphatic carbocycles. The Morgan fingerprint density at radius 3 is 2.48 bits per heavy atom. The molecular weight excluding hydrogens is 312 g/mol. The van der Waals surface area contributed by atoms with E-state index in [1.165, 1.54) is 0 Å². The van der Waals surface area contributed by atoms with Gasteiger partial charge in [0.2, 0.25) is 0 Å². The van der Waals surface area contributed by atoms with E-state index < -0.39 is 0 Å². The average molecular weight is 344 g/mol. The van der Waals surface area contributed by atoms with Crippen molar-refractivity contribution in [2.75, 3.05) is 6.54 Å². The van der Waals surface area contributed by atoms with Crippen LogP contribution in [0.25, 0.3) is 5.70 Å². The summed E-state index contributed by atoms with van der Waals surface area (Å²) in [6.07, 6.45) is 6.54. The predicted molar refractivity (Wildman–Crippen MR) is 106 cm³/mol. The van der Waals surface area contributed by atoms with Crippen LogP contribution in [0.1, 0.15) is 82.3 Å². The van der Waals surface area contributed by atoms with Crippen LogP contribution in [-0.2, 0) is 5.41 Å². The summed E-state index contributed by atoms with van der Waals surface area (Å²) in [5, 5.41) is 13.6. The van der Waals surface area contributed by atoms with Crippen LogP contribution in [0, 0.1) is 0 Å². The number of amides is 1. The summed E-state index contributed by atoms with van der Waals surface area (Å²) in [7, 11) is 0. The van der Waals surface area contributed by atoms with Crippen LogP contribution in [0.3, 0.4) is 0 Å². The summed E-state index contributed by atoms with van der Waals surface area (Å²) in [6.45, 7) is 12.7. The van der Waals surface area contributed by atoms with E-state index in [-0.39, 0.29) is 17.1 Å². The van der Waals surface area contributed by atoms with Crippen molar-refractivity contribution in [3.63, 3.8) is 0 Å². The van der Waals surface area contributed by atoms with Crippen molar-refractivity contribution in [3.05, 3.63) is 34.9 Å². The number of phenols is 1. The van der Waals surface area contributed by atoms with E-state index in [1.54, 1.807) is 12.3 Å². The highest BCUT2D eigenvalue weighted by atomic mass is 16.3. The van der Waals surface area contributed by atoms with Gasteiger partial charge in [0.05, 0.1) is 11.3 Å². The maximum atomic E-state index is 12.6. The van der Waals surface area contributed by atoms with Gasteiger partial charge in [0.1, 0.15) is 5.75 Å². The molecule has 0 bridgehead atoms. The average Bonchev–Trinajstić information content (AvgIpc) is 2.54. The first-order valence-corrected chi connectivity index (χ1v) is 9.11. The molecule has 0 saturated carbocycles. The standard InChI is InChI=1S/C21H32N2O2/c1-7-10-12-23-20(25)16-13-15(18(11-8-2)22-9-3)14-17(19(16)24)21(4,5)6/h9,11,13-14,24H,7-8,10,12H2,1-6H3,(H,23,25)/b18-11-,22-9?. The number of carbonyl (C=O) groups excluding carboxylic acids is 1. The first-order valence-electron chi connectivity index (χ1n) is 9.11. The van der Waals surface area contributed by atoms with Crippen molar-refractivity contribution < 1.29 is 9.90 Å². The van der Waals surface area contributed by atoms with Crippen LogP contribution in [0.15, 0.2) is 23.2 Å². The normalized spacial score (nSPS) is 12.6. The maximum Gasteiger partial charge on any atom is 0.255 e. The third kappa shape index (κ3) is 5.73. The maximum absolute atomic E-state index is 12.6. The van der Waals surface area contributed by atoms with Crippen LogP contribution in [0.5, 0.6) is 5.75 Å². The fourth-order valence-corrected chi connectivity index (χ4v) is 2.58. The number of hydrogen-bond donors (Lipinski definition) is 2. The van der Waals surface area contributed by atoms with Crippen molar-refractivity contribution in [3.8, 4) is 5.75 Å². The molecule has 138 valence electrons. The lowest BCUT2D eigenvalue weighted by Gasteiger charge is -2.23. The minimum absolute atomic E-state index is 0.0570. The summed E-state index contributed by atoms with van der Waals surface area (Å²) in [6, 6.07) is 3.67. The molecule has 0 radical (unpaired) electrons. The molecule has 25 heavy (non-hydrogen) atoms. The molecule has 0 spiro atoms. The number of benzene rings is 1. The van der Waals surface area contributed by atoms with E-state index >= 15 is 0 Å². The molecule has 0 fully saturated rings. The Bertz CT molecular complexity index is 653. The van der Waals surface area contributed by atoms with Gasteiger partial charge < -0.3 is 10.4 Å². The fourth-order valence-electron chi connectivity index (χ4n) is 2.58. The Kier molecular flexibility index (Phi) is 7.88. The number of hydrogen-bond acceptors (Lipinski definition) is 3. The van der Waals surface area contributed by atoms with Crippen LogP contribution in [0.4, 0.5) is 0 Å². The van der Waals surface area contributed by atoms with Gasteiger partial charge in [-0.1, -0.05) is 47.1 Å². The third-order valence-corrected chi connectivity index (χ3v) is 3.94. The van der Waals surface area contributed by atoms with Gasteiger partial charge in [-0.25, -0.2) is 0 Å². The van der Waals surface area contributed by atoms with Crippen molar-refractivity contribution in [1.29, 1.82) is 0 Å². The molecule has 0 heterocycles. The monoisotopic (exact) mass is 344 g/mol. The molecule has 0 atom stereocenters. The fraction of sp³-hybridized carbons (Fsp3) is 0.524. The minimum atomic E-state index is -0.286. The Morgan fingerprint density at radius 1 is 1.28 bits per heavy atom. The predicted octanol–water partition coefficient (Wildman–Crippen LogP) is 5.06. The lowest BCUT2D eigenvalue weighted by atomic mass is 9.83. The quantitative estimate of drug-likeness (QED) is 0.536. The molecule has 1 aromatic rings. The Labute approximate surface area is 152 Å². The molecule has 4 nitrogen and oxygen atoms in total. The Balaban J connectivity index is 3.47. The minimum Gasteiger partial charge on any atom is -0.507 e. The van der Waals surface area contributed by atoms with Crippen LogP contribution in [0.2, 0.25) is 0 Å².